The van der Waals surface area contributed by atoms with E-state index in [0.717, 1.165) is 0 Å². The van der Waals surface area contributed by atoms with E-state index in [0.29, 0.717) is 11.2 Å². The number of aliphatic hydroxyl groups is 2. The number of anilines is 2. The van der Waals surface area contributed by atoms with Gasteiger partial charge < -0.3 is 31.2 Å². The Hall–Kier alpha value is -2.69. The molecule has 1 unspecified atom stereocenters. The minimum absolute atomic E-state index is 0.0151. The highest BCUT2D eigenvalue weighted by atomic mass is 32.4. The van der Waals surface area contributed by atoms with Gasteiger partial charge in [0.1, 0.15) is 55.0 Å². The normalized spacial score (nSPS) is 28.7. The van der Waals surface area contributed by atoms with Crippen LogP contribution in [-0.2, 0) is 30.3 Å². The number of nitrogen functional groups attached to an aromatic ring is 2. The summed E-state index contributed by atoms with van der Waals surface area (Å²) in [6, 6.07) is 1.48. The van der Waals surface area contributed by atoms with Gasteiger partial charge in [-0.25, -0.2) is 19.7 Å². The Labute approximate surface area is 209 Å². The third-order valence-electron chi connectivity index (χ3n) is 5.99. The molecule has 5 rings (SSSR count). The van der Waals surface area contributed by atoms with E-state index in [4.69, 9.17) is 41.8 Å². The van der Waals surface area contributed by atoms with Crippen molar-refractivity contribution in [2.24, 2.45) is 0 Å². The lowest BCUT2D eigenvalue weighted by Crippen LogP contribution is -2.28. The van der Waals surface area contributed by atoms with Gasteiger partial charge in [0, 0.05) is 19.0 Å². The van der Waals surface area contributed by atoms with E-state index < -0.39 is 49.7 Å². The van der Waals surface area contributed by atoms with Gasteiger partial charge in [0.15, 0.2) is 11.5 Å². The molecule has 6 N–H and O–H groups in total. The number of aliphatic hydroxyl groups excluding tert-OH is 2. The molecule has 3 aromatic heterocycles. The molecule has 3 aromatic rings. The minimum Gasteiger partial charge on any atom is -0.394 e. The second-order valence-corrected chi connectivity index (χ2v) is 10.1. The van der Waals surface area contributed by atoms with Crippen molar-refractivity contribution in [2.45, 2.75) is 49.7 Å². The van der Waals surface area contributed by atoms with E-state index in [9.17, 15) is 15.0 Å². The van der Waals surface area contributed by atoms with Crippen LogP contribution in [0.1, 0.15) is 25.3 Å². The molecule has 0 aromatic carbocycles. The molecule has 0 saturated carbocycles. The number of hydrogen-bond acceptors (Lipinski definition) is 14. The summed E-state index contributed by atoms with van der Waals surface area (Å²) in [5.74, 6) is 0.350. The smallest absolute Gasteiger partial charge is 0.394 e. The Morgan fingerprint density at radius 1 is 1.17 bits per heavy atom. The molecule has 0 bridgehead atoms. The zero-order valence-electron chi connectivity index (χ0n) is 18.7. The van der Waals surface area contributed by atoms with E-state index >= 15 is 0 Å². The fourth-order valence-electron chi connectivity index (χ4n) is 4.18. The SMILES string of the molecule is Nc1ccn([C@H]2C[C@H](O[P+](=S)OC[C@H]3O[C@@H](n4cnc5c(N)ncnc54)C[C@@H]3O)[C@@H](CO)O2)c(=O)n1. The zero-order valence-corrected chi connectivity index (χ0v) is 20.4. The molecule has 192 valence electrons. The average Bonchev–Trinajstić information content (AvgIpc) is 3.55. The number of nitrogens with two attached hydrogens (primary N) is 2. The highest BCUT2D eigenvalue weighted by Gasteiger charge is 2.43. The van der Waals surface area contributed by atoms with Gasteiger partial charge >= 0.3 is 12.8 Å². The third kappa shape index (κ3) is 4.94. The van der Waals surface area contributed by atoms with Crippen LogP contribution < -0.4 is 17.2 Å². The van der Waals surface area contributed by atoms with Crippen LogP contribution in [0.15, 0.2) is 29.7 Å². The lowest BCUT2D eigenvalue weighted by molar-refractivity contribution is -0.0468. The molecule has 0 radical (unpaired) electrons. The van der Waals surface area contributed by atoms with Crippen LogP contribution >= 0.6 is 7.15 Å². The van der Waals surface area contributed by atoms with Gasteiger partial charge in [-0.2, -0.15) is 4.98 Å². The Bertz CT molecular complexity index is 1320. The average molecular weight is 539 g/mol. The van der Waals surface area contributed by atoms with Gasteiger partial charge in [0.05, 0.1) is 19.0 Å². The first-order valence-electron chi connectivity index (χ1n) is 11.0. The van der Waals surface area contributed by atoms with Crippen LogP contribution in [0.3, 0.4) is 0 Å². The fourth-order valence-corrected chi connectivity index (χ4v) is 5.47. The molecule has 36 heavy (non-hydrogen) atoms. The van der Waals surface area contributed by atoms with Crippen LogP contribution in [-0.4, -0.2) is 76.9 Å². The Kier molecular flexibility index (Phi) is 7.18. The first kappa shape index (κ1) is 25.0. The zero-order chi connectivity index (χ0) is 25.4. The predicted octanol–water partition coefficient (Wildman–Crippen LogP) is -0.649. The summed E-state index contributed by atoms with van der Waals surface area (Å²) in [5.41, 5.74) is 11.7. The quantitative estimate of drug-likeness (QED) is 0.262. The highest BCUT2D eigenvalue weighted by molar-refractivity contribution is 8.00. The standard InChI is InChI=1S/C19H23N8O7PS/c20-13-1-2-26(19(30)25-13)15-4-10(11(5-28)32-15)34-35(36)31-6-12-9(29)3-14(33-12)27-8-24-16-17(21)22-7-23-18(16)27/h1-2,7-12,14-15,28-29H,3-6H2,(H3-,20,21,22,23,25,30)/p+1/t9-,10-,11+,12+,14+,15+/m0/s1. The van der Waals surface area contributed by atoms with E-state index in [1.807, 2.05) is 0 Å². The van der Waals surface area contributed by atoms with Crippen molar-refractivity contribution in [1.82, 2.24) is 29.1 Å². The molecule has 5 heterocycles. The first-order valence-corrected chi connectivity index (χ1v) is 13.2. The third-order valence-corrected chi connectivity index (χ3v) is 7.37. The fraction of sp³-hybridized carbons (Fsp3) is 0.526. The van der Waals surface area contributed by atoms with Crippen molar-refractivity contribution in [3.8, 4) is 0 Å². The van der Waals surface area contributed by atoms with Crippen LogP contribution in [0.5, 0.6) is 0 Å². The van der Waals surface area contributed by atoms with Crippen LogP contribution in [0, 0.1) is 0 Å². The molecule has 2 aliphatic heterocycles. The monoisotopic (exact) mass is 539 g/mol. The molecule has 2 aliphatic rings. The number of nitrogens with zero attached hydrogens (tertiary/aromatic N) is 6. The predicted molar refractivity (Wildman–Crippen MR) is 128 cm³/mol. The molecule has 2 fully saturated rings. The van der Waals surface area contributed by atoms with Gasteiger partial charge in [-0.1, -0.05) is 0 Å². The summed E-state index contributed by atoms with van der Waals surface area (Å²) in [5, 5.41) is 20.2. The number of hydrogen-bond donors (Lipinski definition) is 4. The summed E-state index contributed by atoms with van der Waals surface area (Å²) in [4.78, 5) is 28.1. The molecular formula is C19H24N8O7PS+. The second kappa shape index (κ2) is 10.4. The minimum atomic E-state index is -1.83. The Morgan fingerprint density at radius 3 is 2.72 bits per heavy atom. The van der Waals surface area contributed by atoms with Gasteiger partial charge in [0.25, 0.3) is 0 Å². The van der Waals surface area contributed by atoms with Gasteiger partial charge in [-0.15, -0.1) is 9.05 Å². The molecule has 17 heteroatoms. The van der Waals surface area contributed by atoms with E-state index in [1.165, 1.54) is 29.5 Å². The van der Waals surface area contributed by atoms with Gasteiger partial charge in [0.2, 0.25) is 11.8 Å². The van der Waals surface area contributed by atoms with Crippen molar-refractivity contribution in [3.05, 3.63) is 35.4 Å². The molecule has 0 spiro atoms. The topological polar surface area (TPSA) is 208 Å². The summed E-state index contributed by atoms with van der Waals surface area (Å²) >= 11 is 5.34. The number of fused-ring (bicyclic) bond motifs is 1. The lowest BCUT2D eigenvalue weighted by Gasteiger charge is -2.14. The maximum absolute atomic E-state index is 12.1. The molecule has 7 atom stereocenters. The summed E-state index contributed by atoms with van der Waals surface area (Å²) in [6.45, 7) is -0.353. The van der Waals surface area contributed by atoms with Gasteiger partial charge in [-0.05, 0) is 6.07 Å². The van der Waals surface area contributed by atoms with Crippen LogP contribution in [0.2, 0.25) is 0 Å². The van der Waals surface area contributed by atoms with Crippen molar-refractivity contribution in [1.29, 1.82) is 0 Å². The first-order chi connectivity index (χ1) is 17.3. The Balaban J connectivity index is 1.17. The molecular weight excluding hydrogens is 515 g/mol. The number of imidazole rings is 1. The maximum Gasteiger partial charge on any atom is 0.522 e. The van der Waals surface area contributed by atoms with Crippen molar-refractivity contribution in [2.75, 3.05) is 24.7 Å². The summed E-state index contributed by atoms with van der Waals surface area (Å²) in [7, 11) is -1.83. The van der Waals surface area contributed by atoms with Crippen molar-refractivity contribution >= 4 is 41.8 Å². The number of aromatic nitrogens is 6. The molecule has 0 amide bonds. The lowest BCUT2D eigenvalue weighted by atomic mass is 10.2. The number of rotatable bonds is 8. The van der Waals surface area contributed by atoms with E-state index in [-0.39, 0.29) is 37.7 Å². The maximum atomic E-state index is 12.1. The highest BCUT2D eigenvalue weighted by Crippen LogP contribution is 2.38. The van der Waals surface area contributed by atoms with Crippen molar-refractivity contribution in [3.63, 3.8) is 0 Å². The Morgan fingerprint density at radius 2 is 1.94 bits per heavy atom. The second-order valence-electron chi connectivity index (χ2n) is 8.27. The van der Waals surface area contributed by atoms with Crippen LogP contribution in [0.25, 0.3) is 11.2 Å². The van der Waals surface area contributed by atoms with E-state index in [1.54, 1.807) is 4.57 Å². The van der Waals surface area contributed by atoms with Crippen molar-refractivity contribution < 1.29 is 28.7 Å². The van der Waals surface area contributed by atoms with Gasteiger partial charge in [-0.3, -0.25) is 9.13 Å². The number of ether oxygens (including phenoxy) is 2. The van der Waals surface area contributed by atoms with Crippen LogP contribution in [0.4, 0.5) is 11.6 Å². The molecule has 0 aliphatic carbocycles. The summed E-state index contributed by atoms with van der Waals surface area (Å²) < 4.78 is 26.2. The largest absolute Gasteiger partial charge is 0.522 e. The molecule has 2 saturated heterocycles. The molecule has 15 nitrogen and oxygen atoms in total. The van der Waals surface area contributed by atoms with E-state index in [2.05, 4.69) is 19.9 Å². The summed E-state index contributed by atoms with van der Waals surface area (Å²) in [6.07, 6.45) is 0.840.